The molecule has 1 aromatic heterocycles. The van der Waals surface area contributed by atoms with Crippen LogP contribution in [0.3, 0.4) is 0 Å². The number of benzene rings is 3. The van der Waals surface area contributed by atoms with Gasteiger partial charge in [0.05, 0.1) is 12.1 Å². The maximum atomic E-state index is 13.2. The highest BCUT2D eigenvalue weighted by molar-refractivity contribution is 6.17. The third-order valence-corrected chi connectivity index (χ3v) is 5.70. The van der Waals surface area contributed by atoms with Crippen molar-refractivity contribution in [3.8, 4) is 0 Å². The quantitative estimate of drug-likeness (QED) is 0.196. The molecule has 0 spiro atoms. The highest BCUT2D eigenvalue weighted by atomic mass is 16.4. The van der Waals surface area contributed by atoms with Gasteiger partial charge in [-0.1, -0.05) is 35.5 Å². The van der Waals surface area contributed by atoms with E-state index in [0.29, 0.717) is 22.4 Å². The van der Waals surface area contributed by atoms with Gasteiger partial charge in [0.25, 0.3) is 0 Å². The van der Waals surface area contributed by atoms with Crippen LogP contribution < -0.4 is 0 Å². The monoisotopic (exact) mass is 412 g/mol. The second kappa shape index (κ2) is 8.19. The predicted octanol–water partition coefficient (Wildman–Crippen LogP) is 5.51. The van der Waals surface area contributed by atoms with Gasteiger partial charge in [0, 0.05) is 45.0 Å². The number of carbonyl (C=O) groups is 2. The molecule has 5 heteroatoms. The van der Waals surface area contributed by atoms with Crippen LogP contribution >= 0.6 is 0 Å². The molecular formula is C26H24N2O3. The molecule has 0 atom stereocenters. The van der Waals surface area contributed by atoms with Gasteiger partial charge < -0.3 is 9.77 Å². The Labute approximate surface area is 180 Å². The normalized spacial score (nSPS) is 11.9. The molecule has 0 saturated heterocycles. The maximum Gasteiger partial charge on any atom is 0.193 e. The fraction of sp³-hybridized carbons (Fsp3) is 0.192. The van der Waals surface area contributed by atoms with Crippen LogP contribution in [0, 0.1) is 6.92 Å². The number of aryl methyl sites for hydroxylation is 2. The lowest BCUT2D eigenvalue weighted by Crippen LogP contribution is -2.06. The number of ketones is 2. The molecule has 0 fully saturated rings. The summed E-state index contributed by atoms with van der Waals surface area (Å²) in [6, 6.07) is 19.2. The molecule has 3 aromatic carbocycles. The summed E-state index contributed by atoms with van der Waals surface area (Å²) in [4.78, 5) is 24.7. The molecule has 4 rings (SSSR count). The Morgan fingerprint density at radius 3 is 2.13 bits per heavy atom. The van der Waals surface area contributed by atoms with Crippen LogP contribution in [0.1, 0.15) is 47.3 Å². The summed E-state index contributed by atoms with van der Waals surface area (Å²) in [6.07, 6.45) is 0.0610. The molecule has 31 heavy (non-hydrogen) atoms. The average molecular weight is 412 g/mol. The first-order valence-corrected chi connectivity index (χ1v) is 10.3. The largest absolute Gasteiger partial charge is 0.411 e. The van der Waals surface area contributed by atoms with Crippen molar-refractivity contribution in [3.63, 3.8) is 0 Å². The minimum absolute atomic E-state index is 0.0113. The van der Waals surface area contributed by atoms with E-state index in [1.807, 2.05) is 67.6 Å². The number of hydrogen-bond donors (Lipinski definition) is 1. The number of rotatable bonds is 6. The zero-order valence-electron chi connectivity index (χ0n) is 17.8. The van der Waals surface area contributed by atoms with Crippen molar-refractivity contribution in [2.45, 2.75) is 33.7 Å². The third-order valence-electron chi connectivity index (χ3n) is 5.70. The molecule has 0 bridgehead atoms. The Balaban J connectivity index is 1.92. The summed E-state index contributed by atoms with van der Waals surface area (Å²) in [5, 5.41) is 14.7. The zero-order valence-corrected chi connectivity index (χ0v) is 17.8. The molecule has 1 heterocycles. The molecular weight excluding hydrogens is 388 g/mol. The summed E-state index contributed by atoms with van der Waals surface area (Å²) in [5.41, 5.74) is 5.35. The average Bonchev–Trinajstić information content (AvgIpc) is 3.09. The van der Waals surface area contributed by atoms with Gasteiger partial charge in [-0.05, 0) is 56.7 Å². The smallest absolute Gasteiger partial charge is 0.193 e. The Hall–Kier alpha value is -3.73. The Morgan fingerprint density at radius 2 is 1.55 bits per heavy atom. The van der Waals surface area contributed by atoms with E-state index in [9.17, 15) is 14.8 Å². The van der Waals surface area contributed by atoms with E-state index in [1.54, 1.807) is 0 Å². The number of carbonyl (C=O) groups excluding carboxylic acids is 2. The summed E-state index contributed by atoms with van der Waals surface area (Å²) in [5.74, 6) is -0.0854. The topological polar surface area (TPSA) is 71.7 Å². The lowest BCUT2D eigenvalue weighted by molar-refractivity contribution is -0.115. The van der Waals surface area contributed by atoms with Gasteiger partial charge in [-0.3, -0.25) is 9.59 Å². The van der Waals surface area contributed by atoms with E-state index < -0.39 is 0 Å². The van der Waals surface area contributed by atoms with Crippen LogP contribution in [-0.4, -0.2) is 27.1 Å². The van der Waals surface area contributed by atoms with Gasteiger partial charge in [-0.2, -0.15) is 0 Å². The Bertz CT molecular complexity index is 1360. The Morgan fingerprint density at radius 1 is 0.935 bits per heavy atom. The maximum absolute atomic E-state index is 13.2. The van der Waals surface area contributed by atoms with Crippen molar-refractivity contribution in [3.05, 3.63) is 82.9 Å². The molecule has 1 N–H and O–H groups in total. The third kappa shape index (κ3) is 3.63. The molecule has 5 nitrogen and oxygen atoms in total. The summed E-state index contributed by atoms with van der Waals surface area (Å²) >= 11 is 0. The molecule has 0 aliphatic heterocycles. The summed E-state index contributed by atoms with van der Waals surface area (Å²) in [7, 11) is 0. The lowest BCUT2D eigenvalue weighted by atomic mass is 9.97. The number of hydrogen-bond acceptors (Lipinski definition) is 4. The highest BCUT2D eigenvalue weighted by Crippen LogP contribution is 2.32. The molecule has 4 aromatic rings. The van der Waals surface area contributed by atoms with Crippen molar-refractivity contribution in [1.82, 2.24) is 4.57 Å². The Kier molecular flexibility index (Phi) is 5.42. The van der Waals surface area contributed by atoms with E-state index in [1.165, 1.54) is 6.92 Å². The fourth-order valence-corrected chi connectivity index (χ4v) is 4.18. The van der Waals surface area contributed by atoms with E-state index in [4.69, 9.17) is 0 Å². The standard InChI is InChI=1S/C26H24N2O3/c1-4-28-24-11-9-18(23(27-31)13-17(3)29)14-21(24)22-15-19(10-12-25(22)28)26(30)20-8-6-5-7-16(20)2/h5-12,14-15,31H,4,13H2,1-3H3. The highest BCUT2D eigenvalue weighted by Gasteiger charge is 2.17. The van der Waals surface area contributed by atoms with Crippen LogP contribution in [0.2, 0.25) is 0 Å². The molecule has 0 radical (unpaired) electrons. The SMILES string of the molecule is CCn1c2ccc(C(=O)c3ccccc3C)cc2c2cc(C(CC(C)=O)=NO)ccc21. The number of nitrogens with zero attached hydrogens (tertiary/aromatic N) is 2. The zero-order chi connectivity index (χ0) is 22.1. The van der Waals surface area contributed by atoms with E-state index in [2.05, 4.69) is 16.6 Å². The minimum Gasteiger partial charge on any atom is -0.411 e. The molecule has 156 valence electrons. The number of Topliss-reactive ketones (excluding diaryl/α,β-unsaturated/α-hetero) is 1. The van der Waals surface area contributed by atoms with E-state index in [-0.39, 0.29) is 18.0 Å². The van der Waals surface area contributed by atoms with Gasteiger partial charge in [0.2, 0.25) is 0 Å². The van der Waals surface area contributed by atoms with Crippen LogP contribution in [0.25, 0.3) is 21.8 Å². The first kappa shape index (κ1) is 20.5. The molecule has 0 aliphatic carbocycles. The van der Waals surface area contributed by atoms with Crippen molar-refractivity contribution in [1.29, 1.82) is 0 Å². The van der Waals surface area contributed by atoms with Crippen LogP contribution in [0.4, 0.5) is 0 Å². The van der Waals surface area contributed by atoms with Crippen molar-refractivity contribution in [2.24, 2.45) is 5.16 Å². The van der Waals surface area contributed by atoms with E-state index in [0.717, 1.165) is 33.9 Å². The number of oxime groups is 1. The van der Waals surface area contributed by atoms with Crippen LogP contribution in [0.15, 0.2) is 65.8 Å². The number of fused-ring (bicyclic) bond motifs is 3. The van der Waals surface area contributed by atoms with Crippen molar-refractivity contribution in [2.75, 3.05) is 0 Å². The first-order chi connectivity index (χ1) is 14.9. The predicted molar refractivity (Wildman–Crippen MR) is 123 cm³/mol. The van der Waals surface area contributed by atoms with Gasteiger partial charge in [0.1, 0.15) is 5.78 Å². The second-order valence-electron chi connectivity index (χ2n) is 7.78. The van der Waals surface area contributed by atoms with E-state index >= 15 is 0 Å². The molecule has 0 saturated carbocycles. The molecule has 0 amide bonds. The van der Waals surface area contributed by atoms with Gasteiger partial charge in [0.15, 0.2) is 5.78 Å². The first-order valence-electron chi connectivity index (χ1n) is 10.3. The second-order valence-corrected chi connectivity index (χ2v) is 7.78. The molecule has 0 unspecified atom stereocenters. The van der Waals surface area contributed by atoms with Crippen LogP contribution in [-0.2, 0) is 11.3 Å². The van der Waals surface area contributed by atoms with Gasteiger partial charge >= 0.3 is 0 Å². The molecule has 0 aliphatic rings. The van der Waals surface area contributed by atoms with Crippen LogP contribution in [0.5, 0.6) is 0 Å². The van der Waals surface area contributed by atoms with Crippen molar-refractivity contribution >= 4 is 39.1 Å². The van der Waals surface area contributed by atoms with Gasteiger partial charge in [-0.15, -0.1) is 0 Å². The van der Waals surface area contributed by atoms with Gasteiger partial charge in [-0.25, -0.2) is 0 Å². The lowest BCUT2D eigenvalue weighted by Gasteiger charge is -2.06. The summed E-state index contributed by atoms with van der Waals surface area (Å²) in [6.45, 7) is 6.26. The minimum atomic E-state index is -0.0741. The number of aromatic nitrogens is 1. The fourth-order valence-electron chi connectivity index (χ4n) is 4.18. The van der Waals surface area contributed by atoms with Crippen molar-refractivity contribution < 1.29 is 14.8 Å². The summed E-state index contributed by atoms with van der Waals surface area (Å²) < 4.78 is 2.19.